The average molecular weight is 389 g/mol. The second kappa shape index (κ2) is 7.57. The first-order valence-electron chi connectivity index (χ1n) is 9.01. The van der Waals surface area contributed by atoms with Gasteiger partial charge in [-0.3, -0.25) is 14.3 Å². The second-order valence-corrected chi connectivity index (χ2v) is 7.75. The first kappa shape index (κ1) is 19.8. The van der Waals surface area contributed by atoms with Crippen LogP contribution in [0.2, 0.25) is 0 Å². The summed E-state index contributed by atoms with van der Waals surface area (Å²) in [5, 5.41) is 2.97. The highest BCUT2D eigenvalue weighted by Gasteiger charge is 2.38. The van der Waals surface area contributed by atoms with Crippen molar-refractivity contribution in [3.05, 3.63) is 40.9 Å². The Morgan fingerprint density at radius 1 is 1.29 bits per heavy atom. The number of carbonyl (C=O) groups is 1. The van der Waals surface area contributed by atoms with Gasteiger partial charge in [0.15, 0.2) is 0 Å². The molecule has 3 rings (SSSR count). The minimum absolute atomic E-state index is 0.0788. The number of halogens is 1. The molecular formula is C19H24FN5O3. The zero-order valence-electron chi connectivity index (χ0n) is 16.3. The number of nitrogens with zero attached hydrogens (tertiary/aromatic N) is 4. The Labute approximate surface area is 162 Å². The molecule has 0 spiro atoms. The van der Waals surface area contributed by atoms with Crippen LogP contribution in [0.4, 0.5) is 15.1 Å². The largest absolute Gasteiger partial charge is 0.444 e. The van der Waals surface area contributed by atoms with E-state index in [1.165, 1.54) is 15.5 Å². The van der Waals surface area contributed by atoms with Gasteiger partial charge in [-0.2, -0.15) is 0 Å². The van der Waals surface area contributed by atoms with Crippen molar-refractivity contribution >= 4 is 12.0 Å². The first-order valence-corrected chi connectivity index (χ1v) is 9.01. The molecule has 1 aliphatic rings. The van der Waals surface area contributed by atoms with Gasteiger partial charge in [0.1, 0.15) is 11.8 Å². The first-order chi connectivity index (χ1) is 13.1. The summed E-state index contributed by atoms with van der Waals surface area (Å²) in [7, 11) is 1.56. The van der Waals surface area contributed by atoms with Crippen molar-refractivity contribution in [1.29, 1.82) is 0 Å². The maximum absolute atomic E-state index is 14.5. The molecule has 0 aromatic carbocycles. The molecule has 1 N–H and O–H groups in total. The number of likely N-dealkylation sites (tertiary alicyclic amines) is 1. The number of anilines is 1. The van der Waals surface area contributed by atoms with E-state index in [1.807, 2.05) is 0 Å². The van der Waals surface area contributed by atoms with Crippen LogP contribution >= 0.6 is 0 Å². The minimum atomic E-state index is -1.31. The normalized spacial score (nSPS) is 19.5. The Hall–Kier alpha value is -2.97. The topological polar surface area (TPSA) is 89.3 Å². The van der Waals surface area contributed by atoms with Crippen LogP contribution in [0.1, 0.15) is 20.8 Å². The van der Waals surface area contributed by atoms with E-state index in [4.69, 9.17) is 4.74 Å². The lowest BCUT2D eigenvalue weighted by Crippen LogP contribution is -2.37. The van der Waals surface area contributed by atoms with Gasteiger partial charge in [0.2, 0.25) is 5.95 Å². The number of alkyl halides is 1. The number of hydrogen-bond acceptors (Lipinski definition) is 6. The summed E-state index contributed by atoms with van der Waals surface area (Å²) in [4.78, 5) is 34.2. The van der Waals surface area contributed by atoms with Crippen molar-refractivity contribution < 1.29 is 13.9 Å². The molecule has 2 aromatic heterocycles. The summed E-state index contributed by atoms with van der Waals surface area (Å²) < 4.78 is 21.2. The van der Waals surface area contributed by atoms with E-state index < -0.39 is 23.9 Å². The number of nitrogens with one attached hydrogen (secondary N) is 1. The van der Waals surface area contributed by atoms with Crippen LogP contribution in [0.3, 0.4) is 0 Å². The molecule has 0 saturated carbocycles. The van der Waals surface area contributed by atoms with Crippen LogP contribution < -0.4 is 10.9 Å². The number of carbonyl (C=O) groups excluding carboxylic acids is 1. The Morgan fingerprint density at radius 2 is 1.96 bits per heavy atom. The quantitative estimate of drug-likeness (QED) is 0.866. The van der Waals surface area contributed by atoms with Crippen molar-refractivity contribution in [2.24, 2.45) is 7.05 Å². The fraction of sp³-hybridized carbons (Fsp3) is 0.474. The Morgan fingerprint density at radius 3 is 2.61 bits per heavy atom. The van der Waals surface area contributed by atoms with Crippen molar-refractivity contribution in [1.82, 2.24) is 19.4 Å². The van der Waals surface area contributed by atoms with Crippen LogP contribution in [0.5, 0.6) is 0 Å². The van der Waals surface area contributed by atoms with Gasteiger partial charge < -0.3 is 15.0 Å². The van der Waals surface area contributed by atoms with Crippen LogP contribution in [-0.4, -0.2) is 56.4 Å². The molecule has 150 valence electrons. The van der Waals surface area contributed by atoms with E-state index >= 15 is 0 Å². The number of aromatic nitrogens is 3. The molecule has 1 aliphatic heterocycles. The summed E-state index contributed by atoms with van der Waals surface area (Å²) in [6.07, 6.45) is 1.34. The molecule has 1 saturated heterocycles. The summed E-state index contributed by atoms with van der Waals surface area (Å²) in [5.41, 5.74) is 0.264. The van der Waals surface area contributed by atoms with Crippen LogP contribution in [0.25, 0.3) is 11.3 Å². The molecule has 0 aliphatic carbocycles. The van der Waals surface area contributed by atoms with Gasteiger partial charge in [-0.05, 0) is 32.9 Å². The lowest BCUT2D eigenvalue weighted by molar-refractivity contribution is 0.0283. The van der Waals surface area contributed by atoms with Crippen LogP contribution in [0.15, 0.2) is 35.4 Å². The summed E-state index contributed by atoms with van der Waals surface area (Å²) in [6.45, 7) is 5.31. The van der Waals surface area contributed by atoms with Crippen LogP contribution in [0, 0.1) is 0 Å². The van der Waals surface area contributed by atoms with E-state index in [-0.39, 0.29) is 24.6 Å². The molecule has 9 heteroatoms. The summed E-state index contributed by atoms with van der Waals surface area (Å²) in [6, 6.07) is 4.19. The highest BCUT2D eigenvalue weighted by Crippen LogP contribution is 2.21. The molecule has 1 amide bonds. The number of amides is 1. The van der Waals surface area contributed by atoms with Gasteiger partial charge >= 0.3 is 6.09 Å². The number of hydrogen-bond donors (Lipinski definition) is 1. The fourth-order valence-corrected chi connectivity index (χ4v) is 2.88. The van der Waals surface area contributed by atoms with Gasteiger partial charge in [-0.25, -0.2) is 14.2 Å². The molecule has 3 heterocycles. The fourth-order valence-electron chi connectivity index (χ4n) is 2.88. The van der Waals surface area contributed by atoms with E-state index in [0.717, 1.165) is 5.56 Å². The van der Waals surface area contributed by atoms with E-state index in [0.29, 0.717) is 5.69 Å². The molecule has 1 fully saturated rings. The highest BCUT2D eigenvalue weighted by atomic mass is 19.1. The van der Waals surface area contributed by atoms with E-state index in [9.17, 15) is 14.0 Å². The summed E-state index contributed by atoms with van der Waals surface area (Å²) >= 11 is 0. The number of pyridine rings is 1. The molecule has 0 bridgehead atoms. The van der Waals surface area contributed by atoms with E-state index in [2.05, 4.69) is 15.3 Å². The van der Waals surface area contributed by atoms with Crippen molar-refractivity contribution in [2.75, 3.05) is 18.4 Å². The maximum atomic E-state index is 14.5. The predicted molar refractivity (Wildman–Crippen MR) is 103 cm³/mol. The molecule has 0 radical (unpaired) electrons. The minimum Gasteiger partial charge on any atom is -0.444 e. The van der Waals surface area contributed by atoms with Gasteiger partial charge in [0, 0.05) is 37.6 Å². The lowest BCUT2D eigenvalue weighted by Gasteiger charge is -2.24. The van der Waals surface area contributed by atoms with Crippen molar-refractivity contribution in [3.8, 4) is 11.3 Å². The molecule has 2 atom stereocenters. The Kier molecular flexibility index (Phi) is 5.35. The maximum Gasteiger partial charge on any atom is 0.410 e. The van der Waals surface area contributed by atoms with Gasteiger partial charge in [-0.15, -0.1) is 0 Å². The Balaban J connectivity index is 1.79. The average Bonchev–Trinajstić information content (AvgIpc) is 2.99. The molecule has 28 heavy (non-hydrogen) atoms. The molecular weight excluding hydrogens is 365 g/mol. The third kappa shape index (κ3) is 4.47. The monoisotopic (exact) mass is 389 g/mol. The van der Waals surface area contributed by atoms with Crippen molar-refractivity contribution in [3.63, 3.8) is 0 Å². The Bertz CT molecular complexity index is 910. The molecule has 2 aromatic rings. The third-order valence-corrected chi connectivity index (χ3v) is 4.33. The number of rotatable bonds is 3. The third-order valence-electron chi connectivity index (χ3n) is 4.33. The SMILES string of the molecule is Cn1c(N[C@H]2CN(C(=O)OC(C)(C)C)C[C@@H]2F)nc(-c2ccncc2)cc1=O. The zero-order valence-corrected chi connectivity index (χ0v) is 16.3. The standard InChI is InChI=1S/C19H24FN5O3/c1-19(2,3)28-18(27)25-10-13(20)15(11-25)23-17-22-14(9-16(26)24(17)4)12-5-7-21-8-6-12/h5-9,13,15H,10-11H2,1-4H3,(H,22,23)/t13-,15-/m0/s1. The van der Waals surface area contributed by atoms with E-state index in [1.54, 1.807) is 52.3 Å². The molecule has 8 nitrogen and oxygen atoms in total. The molecule has 0 unspecified atom stereocenters. The van der Waals surface area contributed by atoms with Crippen molar-refractivity contribution in [2.45, 2.75) is 38.6 Å². The lowest BCUT2D eigenvalue weighted by atomic mass is 10.2. The van der Waals surface area contributed by atoms with Gasteiger partial charge in [0.25, 0.3) is 5.56 Å². The van der Waals surface area contributed by atoms with Crippen LogP contribution in [-0.2, 0) is 11.8 Å². The number of ether oxygens (including phenoxy) is 1. The predicted octanol–water partition coefficient (Wildman–Crippen LogP) is 2.21. The zero-order chi connectivity index (χ0) is 20.5. The van der Waals surface area contributed by atoms with Gasteiger partial charge in [0.05, 0.1) is 18.3 Å². The smallest absolute Gasteiger partial charge is 0.410 e. The highest BCUT2D eigenvalue weighted by molar-refractivity contribution is 5.69. The van der Waals surface area contributed by atoms with Gasteiger partial charge in [-0.1, -0.05) is 0 Å². The second-order valence-electron chi connectivity index (χ2n) is 7.75. The summed E-state index contributed by atoms with van der Waals surface area (Å²) in [5.74, 6) is 0.234.